The lowest BCUT2D eigenvalue weighted by Gasteiger charge is -2.20. The molecular formula is C33H36FNO6S. The maximum absolute atomic E-state index is 15.4. The second-order valence-corrected chi connectivity index (χ2v) is 15.0. The van der Waals surface area contributed by atoms with Crippen molar-refractivity contribution in [2.75, 3.05) is 18.6 Å². The van der Waals surface area contributed by atoms with Gasteiger partial charge in [0.1, 0.15) is 28.0 Å². The summed E-state index contributed by atoms with van der Waals surface area (Å²) in [7, 11) is -3.02. The van der Waals surface area contributed by atoms with Gasteiger partial charge in [0.25, 0.3) is 0 Å². The van der Waals surface area contributed by atoms with Crippen LogP contribution in [0.1, 0.15) is 77.5 Å². The van der Waals surface area contributed by atoms with E-state index in [-0.39, 0.29) is 47.3 Å². The van der Waals surface area contributed by atoms with Crippen LogP contribution >= 0.6 is 0 Å². The normalized spacial score (nSPS) is 23.2. The molecule has 9 heteroatoms. The van der Waals surface area contributed by atoms with Gasteiger partial charge in [0.05, 0.1) is 18.3 Å². The van der Waals surface area contributed by atoms with Gasteiger partial charge in [-0.05, 0) is 95.2 Å². The van der Waals surface area contributed by atoms with Gasteiger partial charge < -0.3 is 14.6 Å². The molecule has 0 amide bonds. The molecule has 0 saturated heterocycles. The Morgan fingerprint density at radius 3 is 2.62 bits per heavy atom. The second kappa shape index (κ2) is 10.4. The largest absolute Gasteiger partial charge is 0.494 e. The van der Waals surface area contributed by atoms with E-state index in [0.717, 1.165) is 39.8 Å². The topological polar surface area (TPSA) is 103 Å². The fourth-order valence-electron chi connectivity index (χ4n) is 7.11. The summed E-state index contributed by atoms with van der Waals surface area (Å²) < 4.78 is 49.9. The molecule has 0 spiro atoms. The molecule has 1 heterocycles. The quantitative estimate of drug-likeness (QED) is 0.301. The molecule has 1 unspecified atom stereocenters. The lowest BCUT2D eigenvalue weighted by molar-refractivity contribution is -0.139. The number of pyridine rings is 1. The van der Waals surface area contributed by atoms with E-state index in [1.807, 2.05) is 31.2 Å². The number of carboxylic acid groups (broad SMARTS) is 1. The van der Waals surface area contributed by atoms with Gasteiger partial charge >= 0.3 is 5.97 Å². The predicted molar refractivity (Wildman–Crippen MR) is 157 cm³/mol. The van der Waals surface area contributed by atoms with Crippen LogP contribution in [-0.2, 0) is 33.1 Å². The SMILES string of the molecule is Cc1cc(OCCCS(C)(=O)=O)ccc1C1CC(C)(C)c2cc(F)c(COc3cc4c(cn3)[C@H]3[C@@H](C4)[C@@H]3C(=O)O)cc21. The molecule has 1 fully saturated rings. The summed E-state index contributed by atoms with van der Waals surface area (Å²) in [6.07, 6.45) is 4.93. The molecule has 1 saturated carbocycles. The third-order valence-electron chi connectivity index (χ3n) is 9.23. The zero-order valence-corrected chi connectivity index (χ0v) is 25.1. The monoisotopic (exact) mass is 593 g/mol. The van der Waals surface area contributed by atoms with E-state index in [0.29, 0.717) is 36.6 Å². The standard InChI is InChI=1S/C33H36FNO6S/c1-18-10-21(40-8-5-9-42(4,38)39)6-7-22(18)25-15-33(2,3)27-14-28(34)20(12-23(25)27)17-41-29-13-19-11-24-30(26(19)16-35-29)31(24)32(36)37/h6-7,10,12-14,16,24-25,30-31H,5,8-9,11,15,17H2,1-4H3,(H,36,37)/t24-,25?,30-,31+/m1/s1. The highest BCUT2D eigenvalue weighted by Gasteiger charge is 2.60. The van der Waals surface area contributed by atoms with E-state index >= 15 is 4.39 Å². The van der Waals surface area contributed by atoms with Gasteiger partial charge in [0.15, 0.2) is 0 Å². The summed E-state index contributed by atoms with van der Waals surface area (Å²) in [6.45, 7) is 6.70. The van der Waals surface area contributed by atoms with Gasteiger partial charge in [-0.15, -0.1) is 0 Å². The molecular weight excluding hydrogens is 557 g/mol. The van der Waals surface area contributed by atoms with Crippen LogP contribution in [0.25, 0.3) is 0 Å². The highest BCUT2D eigenvalue weighted by atomic mass is 32.2. The molecule has 3 aliphatic carbocycles. The van der Waals surface area contributed by atoms with Crippen molar-refractivity contribution in [3.63, 3.8) is 0 Å². The first kappa shape index (κ1) is 28.6. The summed E-state index contributed by atoms with van der Waals surface area (Å²) in [4.78, 5) is 15.8. The van der Waals surface area contributed by atoms with Crippen molar-refractivity contribution in [3.8, 4) is 11.6 Å². The van der Waals surface area contributed by atoms with Crippen LogP contribution in [-0.4, -0.2) is 43.1 Å². The number of ether oxygens (including phenoxy) is 2. The van der Waals surface area contributed by atoms with Crippen LogP contribution in [0.3, 0.4) is 0 Å². The van der Waals surface area contributed by atoms with Crippen LogP contribution < -0.4 is 9.47 Å². The summed E-state index contributed by atoms with van der Waals surface area (Å²) in [5, 5.41) is 9.35. The molecule has 0 radical (unpaired) electrons. The van der Waals surface area contributed by atoms with Gasteiger partial charge in [0.2, 0.25) is 5.88 Å². The van der Waals surface area contributed by atoms with Crippen molar-refractivity contribution in [2.24, 2.45) is 11.8 Å². The van der Waals surface area contributed by atoms with E-state index in [1.54, 1.807) is 12.3 Å². The molecule has 3 aliphatic rings. The number of sulfone groups is 1. The van der Waals surface area contributed by atoms with Gasteiger partial charge in [-0.3, -0.25) is 4.79 Å². The molecule has 2 aromatic carbocycles. The van der Waals surface area contributed by atoms with E-state index in [9.17, 15) is 18.3 Å². The van der Waals surface area contributed by atoms with E-state index in [4.69, 9.17) is 9.47 Å². The predicted octanol–water partition coefficient (Wildman–Crippen LogP) is 5.71. The number of hydrogen-bond donors (Lipinski definition) is 1. The van der Waals surface area contributed by atoms with Crippen molar-refractivity contribution >= 4 is 15.8 Å². The highest BCUT2D eigenvalue weighted by molar-refractivity contribution is 7.90. The highest BCUT2D eigenvalue weighted by Crippen LogP contribution is 2.61. The van der Waals surface area contributed by atoms with Crippen LogP contribution in [0.4, 0.5) is 4.39 Å². The number of aromatic nitrogens is 1. The molecule has 7 nitrogen and oxygen atoms in total. The number of fused-ring (bicyclic) bond motifs is 4. The summed E-state index contributed by atoms with van der Waals surface area (Å²) in [5.41, 5.74) is 6.64. The number of benzene rings is 2. The maximum atomic E-state index is 15.4. The fourth-order valence-corrected chi connectivity index (χ4v) is 7.75. The third-order valence-corrected chi connectivity index (χ3v) is 10.3. The molecule has 3 aromatic rings. The lowest BCUT2D eigenvalue weighted by atomic mass is 9.84. The zero-order chi connectivity index (χ0) is 30.0. The molecule has 222 valence electrons. The Morgan fingerprint density at radius 2 is 1.90 bits per heavy atom. The first-order valence-corrected chi connectivity index (χ1v) is 16.5. The Bertz CT molecular complexity index is 1680. The van der Waals surface area contributed by atoms with Crippen LogP contribution in [0, 0.1) is 24.6 Å². The first-order chi connectivity index (χ1) is 19.8. The van der Waals surface area contributed by atoms with Gasteiger partial charge in [-0.25, -0.2) is 17.8 Å². The van der Waals surface area contributed by atoms with Crippen molar-refractivity contribution in [2.45, 2.75) is 63.9 Å². The number of carbonyl (C=O) groups is 1. The molecule has 0 bridgehead atoms. The third kappa shape index (κ3) is 5.39. The van der Waals surface area contributed by atoms with Crippen LogP contribution in [0.2, 0.25) is 0 Å². The van der Waals surface area contributed by atoms with Crippen LogP contribution in [0.5, 0.6) is 11.6 Å². The number of aliphatic carboxylic acids is 1. The number of halogens is 1. The average molecular weight is 594 g/mol. The molecule has 4 atom stereocenters. The Balaban J connectivity index is 1.18. The Labute approximate surface area is 246 Å². The van der Waals surface area contributed by atoms with Crippen molar-refractivity contribution in [1.29, 1.82) is 0 Å². The maximum Gasteiger partial charge on any atom is 0.307 e. The number of aryl methyl sites for hydroxylation is 1. The van der Waals surface area contributed by atoms with Gasteiger partial charge in [-0.1, -0.05) is 19.9 Å². The molecule has 1 aromatic heterocycles. The summed E-state index contributed by atoms with van der Waals surface area (Å²) >= 11 is 0. The zero-order valence-electron chi connectivity index (χ0n) is 24.3. The minimum Gasteiger partial charge on any atom is -0.494 e. The Hall–Kier alpha value is -3.46. The fraction of sp³-hybridized carbons (Fsp3) is 0.455. The van der Waals surface area contributed by atoms with E-state index in [2.05, 4.69) is 24.9 Å². The number of nitrogens with zero attached hydrogens (tertiary/aromatic N) is 1. The molecule has 0 aliphatic heterocycles. The van der Waals surface area contributed by atoms with Crippen molar-refractivity contribution in [3.05, 3.63) is 87.4 Å². The Morgan fingerprint density at radius 1 is 1.12 bits per heavy atom. The minimum atomic E-state index is -3.02. The van der Waals surface area contributed by atoms with Gasteiger partial charge in [-0.2, -0.15) is 0 Å². The molecule has 1 N–H and O–H groups in total. The molecule has 6 rings (SSSR count). The minimum absolute atomic E-state index is 0.0435. The van der Waals surface area contributed by atoms with Crippen molar-refractivity contribution < 1.29 is 32.2 Å². The van der Waals surface area contributed by atoms with Crippen LogP contribution in [0.15, 0.2) is 42.6 Å². The lowest BCUT2D eigenvalue weighted by Crippen LogP contribution is -2.13. The summed E-state index contributed by atoms with van der Waals surface area (Å²) in [5.74, 6) is 0.149. The smallest absolute Gasteiger partial charge is 0.307 e. The second-order valence-electron chi connectivity index (χ2n) is 12.8. The Kier molecular flexibility index (Phi) is 7.07. The van der Waals surface area contributed by atoms with Crippen molar-refractivity contribution in [1.82, 2.24) is 4.98 Å². The average Bonchev–Trinajstić information content (AvgIpc) is 3.41. The number of carboxylic acids is 1. The summed E-state index contributed by atoms with van der Waals surface area (Å²) in [6, 6.07) is 11.4. The van der Waals surface area contributed by atoms with E-state index < -0.39 is 15.8 Å². The van der Waals surface area contributed by atoms with Gasteiger partial charge in [0, 0.05) is 35.9 Å². The first-order valence-electron chi connectivity index (χ1n) is 14.4. The van der Waals surface area contributed by atoms with E-state index in [1.165, 1.54) is 6.26 Å². The number of hydrogen-bond acceptors (Lipinski definition) is 6. The molecule has 42 heavy (non-hydrogen) atoms. The number of rotatable bonds is 10.